The summed E-state index contributed by atoms with van der Waals surface area (Å²) >= 11 is 3.01. The van der Waals surface area contributed by atoms with Gasteiger partial charge in [-0.05, 0) is 54.6 Å². The van der Waals surface area contributed by atoms with Gasteiger partial charge in [0.05, 0.1) is 6.61 Å². The predicted molar refractivity (Wildman–Crippen MR) is 155 cm³/mol. The number of β-amino-alcohol motifs (C(OH)–C–C–N with tert-alkyl or cyclic N) is 1. The molecule has 39 heavy (non-hydrogen) atoms. The number of amides is 1. The third kappa shape index (κ3) is 7.30. The highest BCUT2D eigenvalue weighted by molar-refractivity contribution is 7.99. The normalized spacial score (nSPS) is 13.8. The Morgan fingerprint density at radius 2 is 1.79 bits per heavy atom. The molecule has 0 saturated carbocycles. The van der Waals surface area contributed by atoms with Crippen LogP contribution in [-0.4, -0.2) is 75.2 Å². The van der Waals surface area contributed by atoms with Crippen LogP contribution in [0, 0.1) is 0 Å². The minimum absolute atomic E-state index is 0.152. The summed E-state index contributed by atoms with van der Waals surface area (Å²) in [6.45, 7) is 6.12. The summed E-state index contributed by atoms with van der Waals surface area (Å²) in [6, 6.07) is 16.7. The average Bonchev–Trinajstić information content (AvgIpc) is 3.42. The van der Waals surface area contributed by atoms with Gasteiger partial charge >= 0.3 is 0 Å². The quantitative estimate of drug-likeness (QED) is 0.260. The molecule has 10 nitrogen and oxygen atoms in total. The second-order valence-electron chi connectivity index (χ2n) is 8.85. The Morgan fingerprint density at radius 1 is 1.03 bits per heavy atom. The molecule has 202 valence electrons. The van der Waals surface area contributed by atoms with Gasteiger partial charge in [-0.15, -0.1) is 11.3 Å². The van der Waals surface area contributed by atoms with Crippen LogP contribution in [0.15, 0.2) is 70.8 Å². The maximum atomic E-state index is 12.5. The molecule has 12 heteroatoms. The van der Waals surface area contributed by atoms with Gasteiger partial charge < -0.3 is 15.3 Å². The number of carbonyl (C=O) groups excluding carboxylic acids is 1. The lowest BCUT2D eigenvalue weighted by Crippen LogP contribution is -2.47. The van der Waals surface area contributed by atoms with Crippen molar-refractivity contribution in [1.29, 1.82) is 0 Å². The number of hydrogen-bond acceptors (Lipinski definition) is 11. The van der Waals surface area contributed by atoms with Crippen molar-refractivity contribution >= 4 is 51.7 Å². The average molecular weight is 563 g/mol. The Morgan fingerprint density at radius 3 is 2.49 bits per heavy atom. The number of piperazine rings is 1. The Labute approximate surface area is 235 Å². The van der Waals surface area contributed by atoms with Gasteiger partial charge in [-0.25, -0.2) is 4.98 Å². The molecule has 0 atom stereocenters. The van der Waals surface area contributed by atoms with Crippen LogP contribution in [0.2, 0.25) is 0 Å². The van der Waals surface area contributed by atoms with Crippen molar-refractivity contribution in [1.82, 2.24) is 24.8 Å². The summed E-state index contributed by atoms with van der Waals surface area (Å²) < 4.78 is 0. The van der Waals surface area contributed by atoms with Crippen molar-refractivity contribution in [3.8, 4) is 0 Å². The van der Waals surface area contributed by atoms with Crippen molar-refractivity contribution in [2.75, 3.05) is 54.9 Å². The molecule has 0 radical (unpaired) electrons. The highest BCUT2D eigenvalue weighted by atomic mass is 32.2. The van der Waals surface area contributed by atoms with Crippen LogP contribution in [0.5, 0.6) is 0 Å². The highest BCUT2D eigenvalue weighted by Gasteiger charge is 2.21. The molecule has 2 aromatic heterocycles. The molecular formula is C27H30N8O2S2. The lowest BCUT2D eigenvalue weighted by Gasteiger charge is -2.34. The van der Waals surface area contributed by atoms with Gasteiger partial charge in [0.1, 0.15) is 0 Å². The van der Waals surface area contributed by atoms with Crippen LogP contribution in [0.1, 0.15) is 22.2 Å². The molecule has 4 aromatic rings. The molecule has 1 saturated heterocycles. The second kappa shape index (κ2) is 13.0. The van der Waals surface area contributed by atoms with Gasteiger partial charge in [0.25, 0.3) is 5.91 Å². The molecule has 3 heterocycles. The monoisotopic (exact) mass is 562 g/mol. The van der Waals surface area contributed by atoms with E-state index in [-0.39, 0.29) is 12.5 Å². The number of aromatic nitrogens is 4. The van der Waals surface area contributed by atoms with E-state index in [0.29, 0.717) is 34.8 Å². The summed E-state index contributed by atoms with van der Waals surface area (Å²) in [5, 5.41) is 16.7. The highest BCUT2D eigenvalue weighted by Crippen LogP contribution is 2.29. The van der Waals surface area contributed by atoms with Crippen molar-refractivity contribution in [2.24, 2.45) is 0 Å². The van der Waals surface area contributed by atoms with Gasteiger partial charge in [-0.1, -0.05) is 25.1 Å². The minimum Gasteiger partial charge on any atom is -0.395 e. The molecule has 0 unspecified atom stereocenters. The summed E-state index contributed by atoms with van der Waals surface area (Å²) in [5.74, 6) is 0.906. The third-order valence-corrected chi connectivity index (χ3v) is 8.08. The number of nitrogens with one attached hydrogen (secondary N) is 2. The van der Waals surface area contributed by atoms with E-state index in [9.17, 15) is 9.90 Å². The van der Waals surface area contributed by atoms with Gasteiger partial charge in [0.15, 0.2) is 10.3 Å². The molecule has 1 amide bonds. The van der Waals surface area contributed by atoms with E-state index in [1.807, 2.05) is 48.7 Å². The van der Waals surface area contributed by atoms with Crippen LogP contribution < -0.4 is 15.5 Å². The Balaban J connectivity index is 1.32. The summed E-state index contributed by atoms with van der Waals surface area (Å²) in [5.41, 5.74) is 1.32. The first-order chi connectivity index (χ1) is 19.1. The number of aliphatic hydroxyl groups is 1. The number of benzene rings is 2. The van der Waals surface area contributed by atoms with E-state index in [0.717, 1.165) is 42.6 Å². The largest absolute Gasteiger partial charge is 0.395 e. The number of nitrogens with zero attached hydrogens (tertiary/aromatic N) is 6. The number of aryl methyl sites for hydroxylation is 1. The first-order valence-corrected chi connectivity index (χ1v) is 14.4. The first-order valence-electron chi connectivity index (χ1n) is 12.8. The molecule has 1 aliphatic heterocycles. The molecule has 2 aromatic carbocycles. The zero-order chi connectivity index (χ0) is 27.0. The van der Waals surface area contributed by atoms with Crippen LogP contribution in [0.3, 0.4) is 0 Å². The fourth-order valence-corrected chi connectivity index (χ4v) is 5.52. The lowest BCUT2D eigenvalue weighted by atomic mass is 10.2. The number of carbonyl (C=O) groups is 1. The van der Waals surface area contributed by atoms with Gasteiger partial charge in [0.2, 0.25) is 11.9 Å². The lowest BCUT2D eigenvalue weighted by molar-refractivity contribution is 0.102. The molecule has 0 aliphatic carbocycles. The number of anilines is 4. The summed E-state index contributed by atoms with van der Waals surface area (Å²) in [4.78, 5) is 37.5. The molecule has 1 fully saturated rings. The van der Waals surface area contributed by atoms with Crippen LogP contribution >= 0.6 is 23.1 Å². The maximum Gasteiger partial charge on any atom is 0.255 e. The van der Waals surface area contributed by atoms with E-state index >= 15 is 0 Å². The standard InChI is InChI=1S/C27H30N8O2S2/c1-2-21-18-28-26(38-21)31-24-30-25(35-14-12-34(13-15-35)16-17-36)33-27(32-24)39-22-10-8-20(9-11-22)29-23(37)19-6-4-3-5-7-19/h3-11,18,36H,2,12-17H2,1H3,(H,29,37)(H,28,30,31,32,33). The van der Waals surface area contributed by atoms with Crippen molar-refractivity contribution in [3.63, 3.8) is 0 Å². The fraction of sp³-hybridized carbons (Fsp3) is 0.296. The maximum absolute atomic E-state index is 12.5. The molecular weight excluding hydrogens is 532 g/mol. The molecule has 3 N–H and O–H groups in total. The SMILES string of the molecule is CCc1cnc(Nc2nc(Sc3ccc(NC(=O)c4ccccc4)cc3)nc(N3CCN(CCO)CC3)n2)s1. The Bertz CT molecular complexity index is 1380. The van der Waals surface area contributed by atoms with Gasteiger partial charge in [0, 0.05) is 59.9 Å². The van der Waals surface area contributed by atoms with Gasteiger partial charge in [-0.3, -0.25) is 15.0 Å². The van der Waals surface area contributed by atoms with E-state index < -0.39 is 0 Å². The fourth-order valence-electron chi connectivity index (χ4n) is 4.03. The van der Waals surface area contributed by atoms with Crippen LogP contribution in [0.4, 0.5) is 22.7 Å². The van der Waals surface area contributed by atoms with E-state index in [1.54, 1.807) is 23.5 Å². The smallest absolute Gasteiger partial charge is 0.255 e. The predicted octanol–water partition coefficient (Wildman–Crippen LogP) is 4.15. The number of rotatable bonds is 10. The number of aliphatic hydroxyl groups excluding tert-OH is 1. The Kier molecular flexibility index (Phi) is 8.99. The topological polar surface area (TPSA) is 119 Å². The zero-order valence-electron chi connectivity index (χ0n) is 21.6. The first kappa shape index (κ1) is 27.0. The molecule has 5 rings (SSSR count). The second-order valence-corrected chi connectivity index (χ2v) is 11.0. The minimum atomic E-state index is -0.152. The number of hydrogen-bond donors (Lipinski definition) is 3. The number of thiazole rings is 1. The summed E-state index contributed by atoms with van der Waals surface area (Å²) in [6.07, 6.45) is 2.78. The van der Waals surface area contributed by atoms with Gasteiger partial charge in [-0.2, -0.15) is 15.0 Å². The molecule has 1 aliphatic rings. The van der Waals surface area contributed by atoms with Crippen molar-refractivity contribution in [2.45, 2.75) is 23.4 Å². The molecule has 0 spiro atoms. The summed E-state index contributed by atoms with van der Waals surface area (Å²) in [7, 11) is 0. The van der Waals surface area contributed by atoms with Crippen LogP contribution in [0.25, 0.3) is 0 Å². The van der Waals surface area contributed by atoms with Crippen LogP contribution in [-0.2, 0) is 6.42 Å². The van der Waals surface area contributed by atoms with E-state index in [2.05, 4.69) is 37.3 Å². The van der Waals surface area contributed by atoms with E-state index in [1.165, 1.54) is 16.6 Å². The molecule has 0 bridgehead atoms. The van der Waals surface area contributed by atoms with E-state index in [4.69, 9.17) is 9.97 Å². The third-order valence-electron chi connectivity index (χ3n) is 6.15. The van der Waals surface area contributed by atoms with Crippen molar-refractivity contribution < 1.29 is 9.90 Å². The zero-order valence-corrected chi connectivity index (χ0v) is 23.2. The Hall–Kier alpha value is -3.58. The van der Waals surface area contributed by atoms with Crippen molar-refractivity contribution in [3.05, 3.63) is 71.2 Å².